The minimum Gasteiger partial charge on any atom is -0.497 e. The van der Waals surface area contributed by atoms with Crippen molar-refractivity contribution in [3.8, 4) is 5.75 Å². The highest BCUT2D eigenvalue weighted by atomic mass is 32.2. The summed E-state index contributed by atoms with van der Waals surface area (Å²) < 4.78 is 20.6. The van der Waals surface area contributed by atoms with Crippen molar-refractivity contribution in [1.29, 1.82) is 0 Å². The number of benzene rings is 2. The lowest BCUT2D eigenvalue weighted by Crippen LogP contribution is -2.33. The van der Waals surface area contributed by atoms with Gasteiger partial charge in [-0.2, -0.15) is 0 Å². The molecule has 2 aromatic heterocycles. The zero-order valence-corrected chi connectivity index (χ0v) is 19.2. The van der Waals surface area contributed by atoms with E-state index in [0.717, 1.165) is 33.4 Å². The Balaban J connectivity index is 1.56. The average molecular weight is 453 g/mol. The Kier molecular flexibility index (Phi) is 6.32. The third-order valence-electron chi connectivity index (χ3n) is 5.42. The van der Waals surface area contributed by atoms with Gasteiger partial charge in [-0.15, -0.1) is 10.2 Å². The molecule has 0 aliphatic heterocycles. The second-order valence-corrected chi connectivity index (χ2v) is 8.96. The summed E-state index contributed by atoms with van der Waals surface area (Å²) in [4.78, 5) is 12.8. The van der Waals surface area contributed by atoms with Gasteiger partial charge in [0.25, 0.3) is 0 Å². The first-order valence-electron chi connectivity index (χ1n) is 10.4. The van der Waals surface area contributed by atoms with E-state index in [4.69, 9.17) is 4.74 Å². The number of carbonyl (C=O) groups is 1. The maximum atomic E-state index is 13.3. The summed E-state index contributed by atoms with van der Waals surface area (Å²) in [6.07, 6.45) is 0. The number of amides is 1. The monoisotopic (exact) mass is 452 g/mol. The van der Waals surface area contributed by atoms with Crippen molar-refractivity contribution in [1.82, 2.24) is 19.9 Å². The van der Waals surface area contributed by atoms with E-state index in [2.05, 4.69) is 15.5 Å². The fourth-order valence-electron chi connectivity index (χ4n) is 3.77. The van der Waals surface area contributed by atoms with Gasteiger partial charge in [0.2, 0.25) is 5.91 Å². The summed E-state index contributed by atoms with van der Waals surface area (Å²) in [7, 11) is 1.63. The number of rotatable bonds is 7. The molecule has 2 heterocycles. The van der Waals surface area contributed by atoms with Gasteiger partial charge in [-0.05, 0) is 54.3 Å². The van der Waals surface area contributed by atoms with E-state index in [1.165, 1.54) is 23.9 Å². The van der Waals surface area contributed by atoms with Gasteiger partial charge in [0.1, 0.15) is 11.6 Å². The van der Waals surface area contributed by atoms with Crippen LogP contribution in [0.1, 0.15) is 31.0 Å². The highest BCUT2D eigenvalue weighted by Gasteiger charge is 2.20. The van der Waals surface area contributed by atoms with Crippen LogP contribution in [0, 0.1) is 18.7 Å². The van der Waals surface area contributed by atoms with Gasteiger partial charge in [0.05, 0.1) is 24.4 Å². The van der Waals surface area contributed by atoms with Gasteiger partial charge in [-0.1, -0.05) is 37.7 Å². The van der Waals surface area contributed by atoms with Gasteiger partial charge >= 0.3 is 0 Å². The molecule has 0 saturated carbocycles. The first-order valence-corrected chi connectivity index (χ1v) is 11.4. The first-order chi connectivity index (χ1) is 15.4. The molecule has 0 aliphatic carbocycles. The smallest absolute Gasteiger partial charge is 0.230 e. The zero-order valence-electron chi connectivity index (χ0n) is 18.4. The Morgan fingerprint density at radius 3 is 2.59 bits per heavy atom. The maximum absolute atomic E-state index is 13.3. The number of aryl methyl sites for hydroxylation is 1. The largest absolute Gasteiger partial charge is 0.497 e. The number of fused-ring (bicyclic) bond motifs is 3. The Hall–Kier alpha value is -3.13. The summed E-state index contributed by atoms with van der Waals surface area (Å²) in [6.45, 7) is 6.08. The number of nitrogens with zero attached hydrogens (tertiary/aromatic N) is 3. The van der Waals surface area contributed by atoms with Crippen LogP contribution in [0.25, 0.3) is 16.6 Å². The zero-order chi connectivity index (χ0) is 22.8. The molecule has 0 bridgehead atoms. The number of thioether (sulfide) groups is 1. The molecular weight excluding hydrogens is 427 g/mol. The van der Waals surface area contributed by atoms with Gasteiger partial charge in [-0.3, -0.25) is 9.20 Å². The number of pyridine rings is 1. The minimum atomic E-state index is -0.295. The van der Waals surface area contributed by atoms with Crippen LogP contribution < -0.4 is 10.1 Å². The Labute approximate surface area is 190 Å². The van der Waals surface area contributed by atoms with E-state index in [9.17, 15) is 9.18 Å². The van der Waals surface area contributed by atoms with E-state index >= 15 is 0 Å². The standard InChI is InChI=1S/C24H25FN4O2S/c1-14(2)23(16-5-7-17(25)8-6-16)26-22(30)13-32-24-28-27-21-11-15(3)19-10-9-18(31-4)12-20(19)29(21)24/h5-12,14,23H,13H2,1-4H3,(H,26,30). The fourth-order valence-corrected chi connectivity index (χ4v) is 4.54. The SMILES string of the molecule is COc1ccc2c(C)cc3nnc(SCC(=O)NC(c4ccc(F)cc4)C(C)C)n3c2c1. The Bertz CT molecular complexity index is 1270. The van der Waals surface area contributed by atoms with Crippen LogP contribution >= 0.6 is 11.8 Å². The molecule has 0 saturated heterocycles. The summed E-state index contributed by atoms with van der Waals surface area (Å²) >= 11 is 1.33. The maximum Gasteiger partial charge on any atom is 0.230 e. The second kappa shape index (κ2) is 9.16. The van der Waals surface area contributed by atoms with E-state index in [1.54, 1.807) is 19.2 Å². The van der Waals surface area contributed by atoms with Crippen molar-refractivity contribution in [3.05, 3.63) is 65.5 Å². The number of halogens is 1. The molecule has 2 aromatic carbocycles. The van der Waals surface area contributed by atoms with Gasteiger partial charge in [0, 0.05) is 11.5 Å². The van der Waals surface area contributed by atoms with Gasteiger partial charge < -0.3 is 10.1 Å². The molecule has 1 N–H and O–H groups in total. The topological polar surface area (TPSA) is 68.5 Å². The van der Waals surface area contributed by atoms with Gasteiger partial charge in [0.15, 0.2) is 10.8 Å². The molecule has 0 aliphatic rings. The predicted octanol–water partition coefficient (Wildman–Crippen LogP) is 4.94. The molecule has 166 valence electrons. The molecule has 1 unspecified atom stereocenters. The number of aromatic nitrogens is 3. The van der Waals surface area contributed by atoms with Crippen LogP contribution in [0.4, 0.5) is 4.39 Å². The van der Waals surface area contributed by atoms with Crippen molar-refractivity contribution in [2.45, 2.75) is 32.0 Å². The van der Waals surface area contributed by atoms with Crippen LogP contribution in [-0.2, 0) is 4.79 Å². The number of methoxy groups -OCH3 is 1. The van der Waals surface area contributed by atoms with Crippen molar-refractivity contribution in [2.24, 2.45) is 5.92 Å². The quantitative estimate of drug-likeness (QED) is 0.402. The molecule has 1 amide bonds. The molecular formula is C24H25FN4O2S. The third-order valence-corrected chi connectivity index (χ3v) is 6.35. The molecule has 6 nitrogen and oxygen atoms in total. The summed E-state index contributed by atoms with van der Waals surface area (Å²) in [5.41, 5.74) is 3.62. The lowest BCUT2D eigenvalue weighted by Gasteiger charge is -2.23. The first kappa shape index (κ1) is 22.1. The lowest BCUT2D eigenvalue weighted by molar-refractivity contribution is -0.119. The van der Waals surface area contributed by atoms with Crippen LogP contribution in [0.2, 0.25) is 0 Å². The van der Waals surface area contributed by atoms with Crippen molar-refractivity contribution >= 4 is 34.2 Å². The van der Waals surface area contributed by atoms with E-state index in [1.807, 2.05) is 49.4 Å². The van der Waals surface area contributed by atoms with Crippen LogP contribution in [0.3, 0.4) is 0 Å². The number of nitrogens with one attached hydrogen (secondary N) is 1. The number of hydrogen-bond donors (Lipinski definition) is 1. The van der Waals surface area contributed by atoms with Crippen LogP contribution in [0.15, 0.2) is 53.7 Å². The van der Waals surface area contributed by atoms with E-state index in [0.29, 0.717) is 5.16 Å². The Morgan fingerprint density at radius 1 is 1.16 bits per heavy atom. The van der Waals surface area contributed by atoms with Crippen LogP contribution in [0.5, 0.6) is 5.75 Å². The molecule has 32 heavy (non-hydrogen) atoms. The highest BCUT2D eigenvalue weighted by Crippen LogP contribution is 2.29. The number of ether oxygens (including phenoxy) is 1. The molecule has 4 rings (SSSR count). The lowest BCUT2D eigenvalue weighted by atomic mass is 9.96. The minimum absolute atomic E-state index is 0.122. The molecule has 0 fully saturated rings. The molecule has 0 spiro atoms. The molecule has 4 aromatic rings. The van der Waals surface area contributed by atoms with Gasteiger partial charge in [-0.25, -0.2) is 4.39 Å². The molecule has 1 atom stereocenters. The normalized spacial score (nSPS) is 12.4. The third kappa shape index (κ3) is 4.41. The predicted molar refractivity (Wildman–Crippen MR) is 125 cm³/mol. The molecule has 0 radical (unpaired) electrons. The van der Waals surface area contributed by atoms with Crippen molar-refractivity contribution in [3.63, 3.8) is 0 Å². The molecule has 8 heteroatoms. The fraction of sp³-hybridized carbons (Fsp3) is 0.292. The van der Waals surface area contributed by atoms with E-state index < -0.39 is 0 Å². The average Bonchev–Trinajstić information content (AvgIpc) is 3.19. The van der Waals surface area contributed by atoms with Crippen molar-refractivity contribution in [2.75, 3.05) is 12.9 Å². The highest BCUT2D eigenvalue weighted by molar-refractivity contribution is 7.99. The number of hydrogen-bond acceptors (Lipinski definition) is 5. The Morgan fingerprint density at radius 2 is 1.91 bits per heavy atom. The van der Waals surface area contributed by atoms with Crippen LogP contribution in [-0.4, -0.2) is 33.4 Å². The van der Waals surface area contributed by atoms with E-state index in [-0.39, 0.29) is 29.4 Å². The van der Waals surface area contributed by atoms with Crippen molar-refractivity contribution < 1.29 is 13.9 Å². The second-order valence-electron chi connectivity index (χ2n) is 8.02. The number of carbonyl (C=O) groups excluding carboxylic acids is 1. The summed E-state index contributed by atoms with van der Waals surface area (Å²) in [6, 6.07) is 13.9. The summed E-state index contributed by atoms with van der Waals surface area (Å²) in [5.74, 6) is 0.665. The summed E-state index contributed by atoms with van der Waals surface area (Å²) in [5, 5.41) is 13.4.